The van der Waals surface area contributed by atoms with E-state index in [-0.39, 0.29) is 30.0 Å². The molecule has 2 heterocycles. The Kier molecular flexibility index (Phi) is 5.89. The predicted molar refractivity (Wildman–Crippen MR) is 126 cm³/mol. The van der Waals surface area contributed by atoms with Gasteiger partial charge in [0, 0.05) is 68.6 Å². The molecule has 0 bridgehead atoms. The van der Waals surface area contributed by atoms with Gasteiger partial charge in [0.05, 0.1) is 17.6 Å². The molecule has 0 spiro atoms. The highest BCUT2D eigenvalue weighted by Crippen LogP contribution is 2.62. The molecule has 194 valence electrons. The fourth-order valence-corrected chi connectivity index (χ4v) is 7.14. The van der Waals surface area contributed by atoms with E-state index in [1.54, 1.807) is 6.20 Å². The van der Waals surface area contributed by atoms with E-state index < -0.39 is 52.4 Å². The summed E-state index contributed by atoms with van der Waals surface area (Å²) >= 11 is 0. The first-order valence-electron chi connectivity index (χ1n) is 12.6. The van der Waals surface area contributed by atoms with Crippen LogP contribution in [0.5, 0.6) is 0 Å². The lowest BCUT2D eigenvalue weighted by molar-refractivity contribution is -0.160. The molecule has 3 fully saturated rings. The van der Waals surface area contributed by atoms with Crippen LogP contribution in [0.2, 0.25) is 0 Å². The van der Waals surface area contributed by atoms with E-state index in [1.165, 1.54) is 14.0 Å². The number of carbonyl (C=O) groups is 4. The molecule has 2 aliphatic heterocycles. The van der Waals surface area contributed by atoms with Crippen LogP contribution < -0.4 is 0 Å². The number of rotatable bonds is 4. The van der Waals surface area contributed by atoms with Gasteiger partial charge in [-0.05, 0) is 31.8 Å². The second-order valence-electron chi connectivity index (χ2n) is 11.0. The van der Waals surface area contributed by atoms with Gasteiger partial charge in [0.25, 0.3) is 0 Å². The second-order valence-corrected chi connectivity index (χ2v) is 11.0. The highest BCUT2D eigenvalue weighted by atomic mass is 16.6. The SMILES string of the molecule is COC[C@H]1OC(=O)/C(=C/N2CCCC2)C2=C(O)C(=O)C3=C([C@H](OC(C)=O)C[C@]4(C)C(=O)CC[C@@H]34)[C@]21C. The Labute approximate surface area is 210 Å². The van der Waals surface area contributed by atoms with Gasteiger partial charge in [-0.15, -0.1) is 0 Å². The van der Waals surface area contributed by atoms with Gasteiger partial charge in [-0.3, -0.25) is 14.4 Å². The van der Waals surface area contributed by atoms with Crippen LogP contribution in [-0.4, -0.2) is 72.5 Å². The van der Waals surface area contributed by atoms with Crippen molar-refractivity contribution in [2.45, 2.75) is 65.1 Å². The number of methoxy groups -OCH3 is 1. The van der Waals surface area contributed by atoms with Gasteiger partial charge in [-0.1, -0.05) is 6.92 Å². The number of nitrogens with zero attached hydrogens (tertiary/aromatic N) is 1. The third kappa shape index (κ3) is 3.38. The number of allylic oxidation sites excluding steroid dienone is 1. The molecule has 0 aromatic carbocycles. The van der Waals surface area contributed by atoms with E-state index >= 15 is 0 Å². The van der Waals surface area contributed by atoms with Crippen LogP contribution in [-0.2, 0) is 33.4 Å². The number of esters is 2. The summed E-state index contributed by atoms with van der Waals surface area (Å²) in [6.45, 7) is 6.43. The monoisotopic (exact) mass is 499 g/mol. The number of likely N-dealkylation sites (tertiary alicyclic amines) is 1. The van der Waals surface area contributed by atoms with Crippen LogP contribution in [0, 0.1) is 16.7 Å². The van der Waals surface area contributed by atoms with E-state index in [1.807, 2.05) is 18.7 Å². The maximum atomic E-state index is 13.9. The fourth-order valence-electron chi connectivity index (χ4n) is 7.14. The average Bonchev–Trinajstić information content (AvgIpc) is 3.42. The number of fused-ring (bicyclic) bond motifs is 4. The minimum atomic E-state index is -1.20. The molecule has 5 rings (SSSR count). The Bertz CT molecular complexity index is 1140. The highest BCUT2D eigenvalue weighted by molar-refractivity contribution is 6.14. The molecular formula is C27H33NO8. The number of aliphatic hydroxyl groups is 1. The van der Waals surface area contributed by atoms with Gasteiger partial charge < -0.3 is 24.2 Å². The van der Waals surface area contributed by atoms with E-state index in [0.717, 1.165) is 25.9 Å². The van der Waals surface area contributed by atoms with Crippen LogP contribution in [0.1, 0.15) is 52.9 Å². The van der Waals surface area contributed by atoms with Gasteiger partial charge in [0.15, 0.2) is 5.76 Å². The molecule has 0 radical (unpaired) electrons. The normalized spacial score (nSPS) is 37.2. The van der Waals surface area contributed by atoms with E-state index in [0.29, 0.717) is 24.0 Å². The molecule has 1 N–H and O–H groups in total. The number of hydrogen-bond donors (Lipinski definition) is 1. The summed E-state index contributed by atoms with van der Waals surface area (Å²) in [6.07, 6.45) is 2.87. The highest BCUT2D eigenvalue weighted by Gasteiger charge is 2.64. The molecule has 1 saturated carbocycles. The molecule has 3 aliphatic carbocycles. The molecule has 5 aliphatic rings. The molecule has 0 aromatic rings. The number of ether oxygens (including phenoxy) is 3. The first kappa shape index (κ1) is 24.7. The first-order chi connectivity index (χ1) is 17.0. The maximum absolute atomic E-state index is 13.9. The minimum absolute atomic E-state index is 0.00857. The van der Waals surface area contributed by atoms with Crippen molar-refractivity contribution in [2.24, 2.45) is 16.7 Å². The number of cyclic esters (lactones) is 1. The fraction of sp³-hybridized carbons (Fsp3) is 0.630. The zero-order valence-electron chi connectivity index (χ0n) is 21.2. The van der Waals surface area contributed by atoms with Crippen molar-refractivity contribution in [1.82, 2.24) is 4.90 Å². The summed E-state index contributed by atoms with van der Waals surface area (Å²) in [7, 11) is 1.48. The minimum Gasteiger partial charge on any atom is -0.504 e. The van der Waals surface area contributed by atoms with Gasteiger partial charge >= 0.3 is 11.9 Å². The van der Waals surface area contributed by atoms with Crippen molar-refractivity contribution in [2.75, 3.05) is 26.8 Å². The summed E-state index contributed by atoms with van der Waals surface area (Å²) in [6, 6.07) is 0. The number of aliphatic hydroxyl groups excluding tert-OH is 1. The third-order valence-electron chi connectivity index (χ3n) is 8.87. The summed E-state index contributed by atoms with van der Waals surface area (Å²) in [4.78, 5) is 54.3. The summed E-state index contributed by atoms with van der Waals surface area (Å²) < 4.78 is 17.1. The van der Waals surface area contributed by atoms with Crippen molar-refractivity contribution in [3.8, 4) is 0 Å². The van der Waals surface area contributed by atoms with Crippen molar-refractivity contribution < 1.29 is 38.5 Å². The quantitative estimate of drug-likeness (QED) is 0.460. The molecule has 0 aromatic heterocycles. The largest absolute Gasteiger partial charge is 0.504 e. The molecule has 9 heteroatoms. The van der Waals surface area contributed by atoms with Crippen LogP contribution in [0.4, 0.5) is 0 Å². The molecule has 9 nitrogen and oxygen atoms in total. The smallest absolute Gasteiger partial charge is 0.340 e. The van der Waals surface area contributed by atoms with Crippen LogP contribution in [0.15, 0.2) is 34.3 Å². The molecule has 2 saturated heterocycles. The van der Waals surface area contributed by atoms with Crippen molar-refractivity contribution in [3.63, 3.8) is 0 Å². The first-order valence-corrected chi connectivity index (χ1v) is 12.6. The lowest BCUT2D eigenvalue weighted by Gasteiger charge is -2.53. The second kappa shape index (κ2) is 8.57. The topological polar surface area (TPSA) is 119 Å². The van der Waals surface area contributed by atoms with Gasteiger partial charge in [0.2, 0.25) is 5.78 Å². The van der Waals surface area contributed by atoms with Crippen molar-refractivity contribution in [3.05, 3.63) is 34.3 Å². The van der Waals surface area contributed by atoms with E-state index in [9.17, 15) is 24.3 Å². The summed E-state index contributed by atoms with van der Waals surface area (Å²) in [5, 5.41) is 11.5. The Morgan fingerprint density at radius 3 is 2.56 bits per heavy atom. The van der Waals surface area contributed by atoms with Gasteiger partial charge in [-0.2, -0.15) is 0 Å². The Morgan fingerprint density at radius 2 is 1.92 bits per heavy atom. The van der Waals surface area contributed by atoms with Gasteiger partial charge in [0.1, 0.15) is 18.0 Å². The Morgan fingerprint density at radius 1 is 1.22 bits per heavy atom. The third-order valence-corrected chi connectivity index (χ3v) is 8.87. The molecule has 36 heavy (non-hydrogen) atoms. The summed E-state index contributed by atoms with van der Waals surface area (Å²) in [5.74, 6) is -2.71. The molecular weight excluding hydrogens is 466 g/mol. The Balaban J connectivity index is 1.77. The summed E-state index contributed by atoms with van der Waals surface area (Å²) in [5.41, 5.74) is -0.962. The standard InChI is InChI=1S/C27H33NO8/c1-14(29)35-17-11-26(2)16(7-8-18(26)30)20-22(17)27(3)19(13-34-4)36-25(33)15(12-28-9-5-6-10-28)21(27)24(32)23(20)31/h12,16-17,19,32H,5-11,13H2,1-4H3/b15-12+/t16-,17+,19+,26-,27-/m0/s1. The number of Topliss-reactive ketones (excluding diaryl/α,β-unsaturated/α-hetero) is 2. The van der Waals surface area contributed by atoms with E-state index in [2.05, 4.69) is 0 Å². The lowest BCUT2D eigenvalue weighted by Crippen LogP contribution is -2.57. The molecule has 0 amide bonds. The zero-order chi connectivity index (χ0) is 26.0. The maximum Gasteiger partial charge on any atom is 0.340 e. The predicted octanol–water partition coefficient (Wildman–Crippen LogP) is 2.56. The number of ketones is 2. The molecule has 0 unspecified atom stereocenters. The molecule has 5 atom stereocenters. The van der Waals surface area contributed by atoms with Gasteiger partial charge in [-0.25, -0.2) is 4.79 Å². The van der Waals surface area contributed by atoms with Crippen molar-refractivity contribution >= 4 is 23.5 Å². The lowest BCUT2D eigenvalue weighted by atomic mass is 9.53. The van der Waals surface area contributed by atoms with Crippen LogP contribution in [0.25, 0.3) is 0 Å². The number of carbonyl (C=O) groups excluding carboxylic acids is 4. The number of hydrogen-bond acceptors (Lipinski definition) is 9. The Hall–Kier alpha value is -2.94. The van der Waals surface area contributed by atoms with E-state index in [4.69, 9.17) is 14.2 Å². The zero-order valence-corrected chi connectivity index (χ0v) is 21.2. The van der Waals surface area contributed by atoms with Crippen LogP contribution in [0.3, 0.4) is 0 Å². The van der Waals surface area contributed by atoms with Crippen LogP contribution >= 0.6 is 0 Å². The van der Waals surface area contributed by atoms with Crippen molar-refractivity contribution in [1.29, 1.82) is 0 Å². The average molecular weight is 500 g/mol.